The molecule has 0 radical (unpaired) electrons. The van der Waals surface area contributed by atoms with Crippen molar-refractivity contribution in [3.8, 4) is 0 Å². The van der Waals surface area contributed by atoms with E-state index in [1.54, 1.807) is 18.2 Å². The Hall–Kier alpha value is -2.11. The van der Waals surface area contributed by atoms with Crippen molar-refractivity contribution in [1.29, 1.82) is 0 Å². The van der Waals surface area contributed by atoms with Gasteiger partial charge in [0.2, 0.25) is 0 Å². The Morgan fingerprint density at radius 3 is 3.00 bits per heavy atom. The number of hydrogen-bond acceptors (Lipinski definition) is 4. The third-order valence-electron chi connectivity index (χ3n) is 2.36. The zero-order valence-electron chi connectivity index (χ0n) is 9.37. The average Bonchev–Trinajstić information content (AvgIpc) is 2.35. The van der Waals surface area contributed by atoms with E-state index >= 15 is 0 Å². The molecule has 0 aromatic carbocycles. The van der Waals surface area contributed by atoms with Crippen LogP contribution >= 0.6 is 0 Å². The number of carbonyl (C=O) groups is 1. The summed E-state index contributed by atoms with van der Waals surface area (Å²) in [5.74, 6) is -1.03. The van der Waals surface area contributed by atoms with Gasteiger partial charge in [-0.15, -0.1) is 0 Å². The number of carboxylic acid groups (broad SMARTS) is 1. The molecule has 7 heteroatoms. The predicted octanol–water partition coefficient (Wildman–Crippen LogP) is 1.28. The fourth-order valence-corrected chi connectivity index (χ4v) is 1.33. The van der Waals surface area contributed by atoms with Gasteiger partial charge in [-0.25, -0.2) is 4.79 Å². The van der Waals surface area contributed by atoms with Gasteiger partial charge in [0.15, 0.2) is 5.54 Å². The maximum atomic E-state index is 11.3. The van der Waals surface area contributed by atoms with Crippen LogP contribution in [0.3, 0.4) is 0 Å². The molecule has 0 amide bonds. The molecule has 0 spiro atoms. The van der Waals surface area contributed by atoms with Crippen LogP contribution in [-0.2, 0) is 10.3 Å². The van der Waals surface area contributed by atoms with E-state index in [0.29, 0.717) is 5.69 Å². The first-order chi connectivity index (χ1) is 8.11. The molecule has 1 heterocycles. The van der Waals surface area contributed by atoms with Crippen LogP contribution in [0.25, 0.3) is 10.4 Å². The molecule has 0 saturated carbocycles. The van der Waals surface area contributed by atoms with Gasteiger partial charge in [0, 0.05) is 24.2 Å². The number of pyridine rings is 1. The minimum Gasteiger partial charge on any atom is -0.480 e. The Balaban J connectivity index is 2.83. The maximum Gasteiger partial charge on any atom is 0.329 e. The quantitative estimate of drug-likeness (QED) is 0.335. The maximum absolute atomic E-state index is 11.3. The minimum absolute atomic E-state index is 0.187. The molecule has 0 bridgehead atoms. The van der Waals surface area contributed by atoms with Crippen molar-refractivity contribution in [2.24, 2.45) is 5.11 Å². The molecule has 0 aliphatic heterocycles. The molecule has 1 rings (SSSR count). The highest BCUT2D eigenvalue weighted by Gasteiger charge is 2.35. The third kappa shape index (κ3) is 3.17. The summed E-state index contributed by atoms with van der Waals surface area (Å²) in [5.41, 5.74) is 7.25. The summed E-state index contributed by atoms with van der Waals surface area (Å²) in [4.78, 5) is 17.9. The van der Waals surface area contributed by atoms with Crippen LogP contribution < -0.4 is 5.32 Å². The molecule has 1 aromatic rings. The summed E-state index contributed by atoms with van der Waals surface area (Å²) in [7, 11) is 0. The average molecular weight is 235 g/mol. The summed E-state index contributed by atoms with van der Waals surface area (Å²) in [5, 5.41) is 15.4. The predicted molar refractivity (Wildman–Crippen MR) is 61.2 cm³/mol. The van der Waals surface area contributed by atoms with Crippen molar-refractivity contribution in [2.75, 3.05) is 13.1 Å². The fourth-order valence-electron chi connectivity index (χ4n) is 1.33. The van der Waals surface area contributed by atoms with Gasteiger partial charge in [0.25, 0.3) is 0 Å². The van der Waals surface area contributed by atoms with E-state index in [1.165, 1.54) is 13.1 Å². The lowest BCUT2D eigenvalue weighted by atomic mass is 9.97. The standard InChI is InChI=1S/C10H13N5O2/c1-10(9(16)17,13-6-7-14-15-11)8-4-2-3-5-12-8/h2-5,13H,6-7H2,1H3,(H,16,17). The van der Waals surface area contributed by atoms with Gasteiger partial charge in [-0.3, -0.25) is 10.3 Å². The van der Waals surface area contributed by atoms with Crippen molar-refractivity contribution in [3.05, 3.63) is 40.5 Å². The van der Waals surface area contributed by atoms with Crippen LogP contribution in [0.2, 0.25) is 0 Å². The van der Waals surface area contributed by atoms with Crippen molar-refractivity contribution >= 4 is 5.97 Å². The number of azide groups is 1. The molecular weight excluding hydrogens is 222 g/mol. The highest BCUT2D eigenvalue weighted by atomic mass is 16.4. The van der Waals surface area contributed by atoms with Crippen LogP contribution in [-0.4, -0.2) is 29.1 Å². The van der Waals surface area contributed by atoms with Crippen molar-refractivity contribution in [2.45, 2.75) is 12.5 Å². The molecule has 0 fully saturated rings. The Morgan fingerprint density at radius 1 is 1.71 bits per heavy atom. The Labute approximate surface area is 98.1 Å². The number of rotatable bonds is 6. The molecule has 7 nitrogen and oxygen atoms in total. The molecule has 90 valence electrons. The van der Waals surface area contributed by atoms with Crippen LogP contribution in [0.1, 0.15) is 12.6 Å². The topological polar surface area (TPSA) is 111 Å². The molecule has 1 atom stereocenters. The van der Waals surface area contributed by atoms with Gasteiger partial charge < -0.3 is 5.11 Å². The third-order valence-corrected chi connectivity index (χ3v) is 2.36. The summed E-state index contributed by atoms with van der Waals surface area (Å²) in [6.07, 6.45) is 1.53. The van der Waals surface area contributed by atoms with E-state index in [-0.39, 0.29) is 13.1 Å². The number of aromatic nitrogens is 1. The number of hydrogen-bond donors (Lipinski definition) is 2. The summed E-state index contributed by atoms with van der Waals surface area (Å²) >= 11 is 0. The smallest absolute Gasteiger partial charge is 0.329 e. The second-order valence-electron chi connectivity index (χ2n) is 3.53. The first kappa shape index (κ1) is 13.0. The number of carboxylic acids is 1. The lowest BCUT2D eigenvalue weighted by molar-refractivity contribution is -0.144. The molecule has 17 heavy (non-hydrogen) atoms. The fraction of sp³-hybridized carbons (Fsp3) is 0.400. The largest absolute Gasteiger partial charge is 0.480 e. The Morgan fingerprint density at radius 2 is 2.47 bits per heavy atom. The van der Waals surface area contributed by atoms with Crippen molar-refractivity contribution in [1.82, 2.24) is 10.3 Å². The zero-order chi connectivity index (χ0) is 12.7. The van der Waals surface area contributed by atoms with Gasteiger partial charge in [-0.2, -0.15) is 0 Å². The monoisotopic (exact) mass is 235 g/mol. The normalized spacial score (nSPS) is 13.5. The van der Waals surface area contributed by atoms with Crippen molar-refractivity contribution < 1.29 is 9.90 Å². The first-order valence-corrected chi connectivity index (χ1v) is 5.02. The minimum atomic E-state index is -1.29. The van der Waals surface area contributed by atoms with Crippen molar-refractivity contribution in [3.63, 3.8) is 0 Å². The summed E-state index contributed by atoms with van der Waals surface area (Å²) < 4.78 is 0. The summed E-state index contributed by atoms with van der Waals surface area (Å²) in [6.45, 7) is 1.98. The lowest BCUT2D eigenvalue weighted by Gasteiger charge is -2.25. The number of nitrogens with zero attached hydrogens (tertiary/aromatic N) is 4. The second kappa shape index (κ2) is 5.83. The SMILES string of the molecule is CC(NCCN=[N+]=[N-])(C(=O)O)c1ccccn1. The van der Waals surface area contributed by atoms with Gasteiger partial charge in [-0.1, -0.05) is 11.2 Å². The van der Waals surface area contributed by atoms with Gasteiger partial charge in [0.05, 0.1) is 5.69 Å². The van der Waals surface area contributed by atoms with E-state index in [0.717, 1.165) is 0 Å². The van der Waals surface area contributed by atoms with Gasteiger partial charge >= 0.3 is 5.97 Å². The molecule has 1 unspecified atom stereocenters. The molecule has 0 saturated heterocycles. The second-order valence-corrected chi connectivity index (χ2v) is 3.53. The zero-order valence-corrected chi connectivity index (χ0v) is 9.37. The van der Waals surface area contributed by atoms with E-state index in [1.807, 2.05) is 0 Å². The van der Waals surface area contributed by atoms with Gasteiger partial charge in [0.1, 0.15) is 0 Å². The van der Waals surface area contributed by atoms with E-state index < -0.39 is 11.5 Å². The number of nitrogens with one attached hydrogen (secondary N) is 1. The number of aliphatic carboxylic acids is 1. The van der Waals surface area contributed by atoms with Gasteiger partial charge in [-0.05, 0) is 24.6 Å². The van der Waals surface area contributed by atoms with Crippen LogP contribution in [0.5, 0.6) is 0 Å². The van der Waals surface area contributed by atoms with Crippen LogP contribution in [0.15, 0.2) is 29.5 Å². The summed E-state index contributed by atoms with van der Waals surface area (Å²) in [6, 6.07) is 5.07. The molecular formula is C10H13N5O2. The lowest BCUT2D eigenvalue weighted by Crippen LogP contribution is -2.48. The van der Waals surface area contributed by atoms with E-state index in [2.05, 4.69) is 20.3 Å². The molecule has 1 aromatic heterocycles. The van der Waals surface area contributed by atoms with E-state index in [9.17, 15) is 9.90 Å². The molecule has 2 N–H and O–H groups in total. The molecule has 0 aliphatic rings. The van der Waals surface area contributed by atoms with E-state index in [4.69, 9.17) is 5.53 Å². The Bertz CT molecular complexity index is 430. The highest BCUT2D eigenvalue weighted by molar-refractivity contribution is 5.79. The highest BCUT2D eigenvalue weighted by Crippen LogP contribution is 2.18. The molecule has 0 aliphatic carbocycles. The first-order valence-electron chi connectivity index (χ1n) is 5.02. The van der Waals surface area contributed by atoms with Crippen LogP contribution in [0, 0.1) is 0 Å². The van der Waals surface area contributed by atoms with Crippen LogP contribution in [0.4, 0.5) is 0 Å². The Kier molecular flexibility index (Phi) is 4.45.